The highest BCUT2D eigenvalue weighted by atomic mass is 35.5. The highest BCUT2D eigenvalue weighted by Crippen LogP contribution is 2.47. The van der Waals surface area contributed by atoms with Crippen LogP contribution in [0.2, 0.25) is 10.0 Å². The first-order chi connectivity index (χ1) is 16.5. The number of hydrogen-bond acceptors (Lipinski definition) is 4. The van der Waals surface area contributed by atoms with Gasteiger partial charge in [0.15, 0.2) is 5.82 Å². The minimum absolute atomic E-state index is 0.00685. The molecule has 0 radical (unpaired) electrons. The third kappa shape index (κ3) is 4.65. The lowest BCUT2D eigenvalue weighted by molar-refractivity contribution is -0.117. The Hall–Kier alpha value is -3.35. The number of hydrogen-bond donors (Lipinski definition) is 1. The topological polar surface area (TPSA) is 69.0 Å². The zero-order chi connectivity index (χ0) is 23.7. The first-order valence-electron chi connectivity index (χ1n) is 11.0. The SMILES string of the molecule is CCOc1nc(-c2ccc(Cl)c(Cl)c2)n(-c2ccc(NC(=O)C3C[C@H]3c3ccccc3)cc2)n1. The van der Waals surface area contributed by atoms with Gasteiger partial charge in [0, 0.05) is 17.2 Å². The van der Waals surface area contributed by atoms with Crippen molar-refractivity contribution in [2.75, 3.05) is 11.9 Å². The number of carbonyl (C=O) groups excluding carboxylic acids is 1. The van der Waals surface area contributed by atoms with Crippen LogP contribution in [0.3, 0.4) is 0 Å². The first-order valence-corrected chi connectivity index (χ1v) is 11.8. The fourth-order valence-corrected chi connectivity index (χ4v) is 4.26. The second-order valence-electron chi connectivity index (χ2n) is 8.09. The monoisotopic (exact) mass is 492 g/mol. The molecule has 3 aromatic carbocycles. The fraction of sp³-hybridized carbons (Fsp3) is 0.192. The standard InChI is InChI=1S/C26H22Cl2N4O2/c1-2-34-26-30-24(17-8-13-22(27)23(28)14-17)32(31-26)19-11-9-18(10-12-19)29-25(33)21-15-20(21)16-6-4-3-5-7-16/h3-14,20-21H,2,15H2,1H3,(H,29,33)/t20-,21?/m0/s1. The molecule has 2 atom stereocenters. The van der Waals surface area contributed by atoms with Crippen molar-refractivity contribution in [2.24, 2.45) is 5.92 Å². The van der Waals surface area contributed by atoms with Crippen molar-refractivity contribution >= 4 is 34.8 Å². The van der Waals surface area contributed by atoms with Crippen LogP contribution in [0.5, 0.6) is 6.01 Å². The molecule has 0 bridgehead atoms. The van der Waals surface area contributed by atoms with Crippen LogP contribution in [0.1, 0.15) is 24.8 Å². The molecule has 5 rings (SSSR count). The van der Waals surface area contributed by atoms with Crippen molar-refractivity contribution < 1.29 is 9.53 Å². The number of carbonyl (C=O) groups is 1. The molecule has 4 aromatic rings. The van der Waals surface area contributed by atoms with Gasteiger partial charge in [0.05, 0.1) is 22.3 Å². The summed E-state index contributed by atoms with van der Waals surface area (Å²) in [4.78, 5) is 17.2. The predicted octanol–water partition coefficient (Wildman–Crippen LogP) is 6.38. The molecule has 1 aliphatic carbocycles. The zero-order valence-electron chi connectivity index (χ0n) is 18.4. The third-order valence-electron chi connectivity index (χ3n) is 5.77. The van der Waals surface area contributed by atoms with E-state index in [1.165, 1.54) is 5.56 Å². The van der Waals surface area contributed by atoms with E-state index < -0.39 is 0 Å². The summed E-state index contributed by atoms with van der Waals surface area (Å²) in [6.07, 6.45) is 0.875. The minimum Gasteiger partial charge on any atom is -0.463 e. The van der Waals surface area contributed by atoms with E-state index in [9.17, 15) is 4.79 Å². The molecule has 1 aromatic heterocycles. The molecule has 34 heavy (non-hydrogen) atoms. The highest BCUT2D eigenvalue weighted by Gasteiger charge is 2.43. The molecule has 0 saturated heterocycles. The van der Waals surface area contributed by atoms with E-state index >= 15 is 0 Å². The summed E-state index contributed by atoms with van der Waals surface area (Å²) in [7, 11) is 0. The molecule has 1 aliphatic rings. The summed E-state index contributed by atoms with van der Waals surface area (Å²) in [5, 5.41) is 8.41. The lowest BCUT2D eigenvalue weighted by Gasteiger charge is -2.09. The Morgan fingerprint density at radius 2 is 1.82 bits per heavy atom. The van der Waals surface area contributed by atoms with E-state index in [4.69, 9.17) is 27.9 Å². The average Bonchev–Trinajstić information content (AvgIpc) is 3.56. The molecule has 6 nitrogen and oxygen atoms in total. The Bertz CT molecular complexity index is 1320. The minimum atomic E-state index is 0.00685. The van der Waals surface area contributed by atoms with Gasteiger partial charge in [-0.3, -0.25) is 4.79 Å². The van der Waals surface area contributed by atoms with Gasteiger partial charge in [0.2, 0.25) is 5.91 Å². The smallest absolute Gasteiger partial charge is 0.336 e. The largest absolute Gasteiger partial charge is 0.463 e. The number of benzene rings is 3. The average molecular weight is 493 g/mol. The van der Waals surface area contributed by atoms with Crippen molar-refractivity contribution in [3.05, 3.63) is 88.4 Å². The number of anilines is 1. The number of amides is 1. The van der Waals surface area contributed by atoms with Crippen LogP contribution in [-0.4, -0.2) is 27.3 Å². The Balaban J connectivity index is 1.35. The van der Waals surface area contributed by atoms with Crippen LogP contribution in [-0.2, 0) is 4.79 Å². The van der Waals surface area contributed by atoms with Crippen molar-refractivity contribution in [3.8, 4) is 23.1 Å². The Kier molecular flexibility index (Phi) is 6.26. The zero-order valence-corrected chi connectivity index (χ0v) is 19.9. The van der Waals surface area contributed by atoms with Gasteiger partial charge in [-0.15, -0.1) is 5.10 Å². The molecular weight excluding hydrogens is 471 g/mol. The van der Waals surface area contributed by atoms with Crippen LogP contribution in [0, 0.1) is 5.92 Å². The van der Waals surface area contributed by atoms with Gasteiger partial charge in [-0.05, 0) is 67.3 Å². The van der Waals surface area contributed by atoms with Gasteiger partial charge >= 0.3 is 6.01 Å². The van der Waals surface area contributed by atoms with E-state index in [-0.39, 0.29) is 17.8 Å². The highest BCUT2D eigenvalue weighted by molar-refractivity contribution is 6.42. The van der Waals surface area contributed by atoms with E-state index in [1.54, 1.807) is 16.8 Å². The molecule has 1 fully saturated rings. The van der Waals surface area contributed by atoms with Crippen LogP contribution >= 0.6 is 23.2 Å². The second-order valence-corrected chi connectivity index (χ2v) is 8.90. The van der Waals surface area contributed by atoms with Gasteiger partial charge < -0.3 is 10.1 Å². The molecule has 0 spiro atoms. The van der Waals surface area contributed by atoms with Crippen molar-refractivity contribution in [1.82, 2.24) is 14.8 Å². The van der Waals surface area contributed by atoms with Crippen LogP contribution < -0.4 is 10.1 Å². The Morgan fingerprint density at radius 1 is 1.06 bits per heavy atom. The number of nitrogens with one attached hydrogen (secondary N) is 1. The second kappa shape index (κ2) is 9.49. The van der Waals surface area contributed by atoms with E-state index in [0.29, 0.717) is 28.4 Å². The lowest BCUT2D eigenvalue weighted by Crippen LogP contribution is -2.14. The van der Waals surface area contributed by atoms with Gasteiger partial charge in [0.25, 0.3) is 0 Å². The summed E-state index contributed by atoms with van der Waals surface area (Å²) in [6, 6.07) is 23.2. The van der Waals surface area contributed by atoms with Gasteiger partial charge in [-0.1, -0.05) is 53.5 Å². The molecule has 1 N–H and O–H groups in total. The predicted molar refractivity (Wildman–Crippen MR) is 134 cm³/mol. The molecule has 1 heterocycles. The molecule has 1 saturated carbocycles. The number of aromatic nitrogens is 3. The maximum Gasteiger partial charge on any atom is 0.336 e. The summed E-state index contributed by atoms with van der Waals surface area (Å²) >= 11 is 12.3. The quantitative estimate of drug-likeness (QED) is 0.324. The normalized spacial score (nSPS) is 16.8. The summed E-state index contributed by atoms with van der Waals surface area (Å²) < 4.78 is 7.20. The first kappa shape index (κ1) is 22.4. The third-order valence-corrected chi connectivity index (χ3v) is 6.51. The fourth-order valence-electron chi connectivity index (χ4n) is 3.96. The molecule has 8 heteroatoms. The molecular formula is C26H22Cl2N4O2. The van der Waals surface area contributed by atoms with E-state index in [0.717, 1.165) is 23.4 Å². The number of ether oxygens (including phenoxy) is 1. The molecule has 1 unspecified atom stereocenters. The van der Waals surface area contributed by atoms with Crippen molar-refractivity contribution in [1.29, 1.82) is 0 Å². The summed E-state index contributed by atoms with van der Waals surface area (Å²) in [5.74, 6) is 0.911. The van der Waals surface area contributed by atoms with Crippen LogP contribution in [0.4, 0.5) is 5.69 Å². The molecule has 0 aliphatic heterocycles. The number of halogens is 2. The van der Waals surface area contributed by atoms with Gasteiger partial charge in [-0.25, -0.2) is 4.68 Å². The summed E-state index contributed by atoms with van der Waals surface area (Å²) in [6.45, 7) is 2.32. The maximum atomic E-state index is 12.7. The van der Waals surface area contributed by atoms with Crippen LogP contribution in [0.15, 0.2) is 72.8 Å². The van der Waals surface area contributed by atoms with E-state index in [2.05, 4.69) is 27.5 Å². The number of rotatable bonds is 7. The maximum absolute atomic E-state index is 12.7. The van der Waals surface area contributed by atoms with Crippen molar-refractivity contribution in [3.63, 3.8) is 0 Å². The molecule has 1 amide bonds. The molecule has 172 valence electrons. The number of nitrogens with zero attached hydrogens (tertiary/aromatic N) is 3. The lowest BCUT2D eigenvalue weighted by atomic mass is 10.1. The Labute approximate surface area is 207 Å². The van der Waals surface area contributed by atoms with Gasteiger partial charge in [-0.2, -0.15) is 4.98 Å². The Morgan fingerprint density at radius 3 is 2.53 bits per heavy atom. The van der Waals surface area contributed by atoms with E-state index in [1.807, 2.05) is 55.5 Å². The van der Waals surface area contributed by atoms with Crippen LogP contribution in [0.25, 0.3) is 17.1 Å². The van der Waals surface area contributed by atoms with Crippen molar-refractivity contribution in [2.45, 2.75) is 19.3 Å². The van der Waals surface area contributed by atoms with Gasteiger partial charge in [0.1, 0.15) is 0 Å². The summed E-state index contributed by atoms with van der Waals surface area (Å²) in [5.41, 5.74) is 3.47.